The predicted molar refractivity (Wildman–Crippen MR) is 131 cm³/mol. The van der Waals surface area contributed by atoms with Crippen LogP contribution in [0.15, 0.2) is 78.2 Å². The first-order chi connectivity index (χ1) is 17.3. The first kappa shape index (κ1) is 24.3. The molecule has 1 heterocycles. The van der Waals surface area contributed by atoms with Gasteiger partial charge in [-0.15, -0.1) is 0 Å². The van der Waals surface area contributed by atoms with Crippen LogP contribution in [0, 0.1) is 27.4 Å². The van der Waals surface area contributed by atoms with Crippen LogP contribution in [0.4, 0.5) is 5.69 Å². The van der Waals surface area contributed by atoms with E-state index < -0.39 is 16.8 Å². The van der Waals surface area contributed by atoms with Gasteiger partial charge in [-0.05, 0) is 41.8 Å². The Balaban J connectivity index is 1.59. The second-order valence-electron chi connectivity index (χ2n) is 8.60. The standard InChI is InChI=1S/C27H23N3O6/c1-16(2)15-34-20-8-6-17(7-9-20)27(31)35-21-10-11-22-24(13-21)36-26(29)23(14-28)25(22)18-4-3-5-19(12-18)30(32)33/h3-13,16,25H,15,29H2,1-2H3. The van der Waals surface area contributed by atoms with Crippen LogP contribution in [0.5, 0.6) is 17.2 Å². The molecular formula is C27H23N3O6. The van der Waals surface area contributed by atoms with Crippen molar-refractivity contribution in [1.29, 1.82) is 5.26 Å². The molecule has 0 fully saturated rings. The van der Waals surface area contributed by atoms with Crippen molar-refractivity contribution >= 4 is 11.7 Å². The summed E-state index contributed by atoms with van der Waals surface area (Å²) in [6, 6.07) is 19.4. The van der Waals surface area contributed by atoms with Crippen molar-refractivity contribution in [1.82, 2.24) is 0 Å². The molecule has 0 saturated heterocycles. The fraction of sp³-hybridized carbons (Fsp3) is 0.185. The van der Waals surface area contributed by atoms with Crippen LogP contribution in [-0.4, -0.2) is 17.5 Å². The summed E-state index contributed by atoms with van der Waals surface area (Å²) < 4.78 is 16.8. The van der Waals surface area contributed by atoms with E-state index in [4.69, 9.17) is 19.9 Å². The number of carbonyl (C=O) groups excluding carboxylic acids is 1. The lowest BCUT2D eigenvalue weighted by atomic mass is 9.83. The van der Waals surface area contributed by atoms with Gasteiger partial charge in [-0.1, -0.05) is 32.0 Å². The largest absolute Gasteiger partial charge is 0.493 e. The molecule has 4 rings (SSSR count). The average Bonchev–Trinajstić information content (AvgIpc) is 2.86. The Kier molecular flexibility index (Phi) is 6.88. The molecule has 36 heavy (non-hydrogen) atoms. The maximum absolute atomic E-state index is 12.7. The van der Waals surface area contributed by atoms with Crippen LogP contribution >= 0.6 is 0 Å². The van der Waals surface area contributed by atoms with Gasteiger partial charge >= 0.3 is 5.97 Å². The number of ether oxygens (including phenoxy) is 3. The van der Waals surface area contributed by atoms with Crippen LogP contribution in [-0.2, 0) is 0 Å². The Morgan fingerprint density at radius 2 is 1.86 bits per heavy atom. The Morgan fingerprint density at radius 3 is 2.53 bits per heavy atom. The topological polar surface area (TPSA) is 138 Å². The molecule has 1 atom stereocenters. The van der Waals surface area contributed by atoms with Gasteiger partial charge in [0.05, 0.1) is 23.0 Å². The first-order valence-electron chi connectivity index (χ1n) is 11.2. The van der Waals surface area contributed by atoms with Crippen molar-refractivity contribution in [2.24, 2.45) is 11.7 Å². The molecule has 1 aliphatic rings. The highest BCUT2D eigenvalue weighted by atomic mass is 16.6. The number of benzene rings is 3. The van der Waals surface area contributed by atoms with E-state index >= 15 is 0 Å². The molecule has 0 aliphatic carbocycles. The number of carbonyl (C=O) groups is 1. The molecule has 2 N–H and O–H groups in total. The van der Waals surface area contributed by atoms with Crippen LogP contribution in [0.25, 0.3) is 0 Å². The number of fused-ring (bicyclic) bond motifs is 1. The first-order valence-corrected chi connectivity index (χ1v) is 11.2. The van der Waals surface area contributed by atoms with Crippen molar-refractivity contribution in [3.05, 3.63) is 105 Å². The minimum atomic E-state index is -0.679. The maximum atomic E-state index is 12.7. The van der Waals surface area contributed by atoms with Gasteiger partial charge in [-0.2, -0.15) is 5.26 Å². The summed E-state index contributed by atoms with van der Waals surface area (Å²) in [4.78, 5) is 23.4. The van der Waals surface area contributed by atoms with Crippen LogP contribution in [0.2, 0.25) is 0 Å². The van der Waals surface area contributed by atoms with E-state index in [1.54, 1.807) is 48.5 Å². The Labute approximate surface area is 207 Å². The van der Waals surface area contributed by atoms with Crippen LogP contribution < -0.4 is 19.9 Å². The van der Waals surface area contributed by atoms with Gasteiger partial charge in [0.1, 0.15) is 28.9 Å². The van der Waals surface area contributed by atoms with Gasteiger partial charge in [-0.25, -0.2) is 4.79 Å². The number of nitro benzene ring substituents is 1. The number of nitrogens with two attached hydrogens (primary N) is 1. The van der Waals surface area contributed by atoms with E-state index in [1.165, 1.54) is 18.2 Å². The predicted octanol–water partition coefficient (Wildman–Crippen LogP) is 5.07. The Bertz CT molecular complexity index is 1390. The molecule has 0 amide bonds. The van der Waals surface area contributed by atoms with E-state index in [1.807, 2.05) is 19.9 Å². The summed E-state index contributed by atoms with van der Waals surface area (Å²) in [7, 11) is 0. The van der Waals surface area contributed by atoms with Crippen molar-refractivity contribution in [2.75, 3.05) is 6.61 Å². The molecule has 0 aromatic heterocycles. The molecule has 0 saturated carbocycles. The Morgan fingerprint density at radius 1 is 1.14 bits per heavy atom. The number of rotatable bonds is 7. The number of hydrogen-bond donors (Lipinski definition) is 1. The lowest BCUT2D eigenvalue weighted by Crippen LogP contribution is -2.21. The SMILES string of the molecule is CC(C)COc1ccc(C(=O)Oc2ccc3c(c2)OC(N)=C(C#N)C3c2cccc([N+](=O)[O-])c2)cc1. The summed E-state index contributed by atoms with van der Waals surface area (Å²) in [6.07, 6.45) is 0. The molecule has 1 aliphatic heterocycles. The molecule has 1 unspecified atom stereocenters. The van der Waals surface area contributed by atoms with Crippen LogP contribution in [0.3, 0.4) is 0 Å². The van der Waals surface area contributed by atoms with Gasteiger partial charge in [0, 0.05) is 23.8 Å². The molecular weight excluding hydrogens is 462 g/mol. The molecule has 9 heteroatoms. The molecule has 3 aromatic rings. The smallest absolute Gasteiger partial charge is 0.343 e. The second kappa shape index (κ2) is 10.2. The van der Waals surface area contributed by atoms with Gasteiger partial charge < -0.3 is 19.9 Å². The molecule has 182 valence electrons. The summed E-state index contributed by atoms with van der Waals surface area (Å²) in [5.41, 5.74) is 7.45. The summed E-state index contributed by atoms with van der Waals surface area (Å²) in [5.74, 6) is 0.160. The third-order valence-electron chi connectivity index (χ3n) is 5.49. The van der Waals surface area contributed by atoms with E-state index in [0.29, 0.717) is 35.0 Å². The summed E-state index contributed by atoms with van der Waals surface area (Å²) >= 11 is 0. The van der Waals surface area contributed by atoms with Crippen molar-refractivity contribution in [3.63, 3.8) is 0 Å². The highest BCUT2D eigenvalue weighted by Crippen LogP contribution is 2.44. The monoisotopic (exact) mass is 485 g/mol. The molecule has 0 bridgehead atoms. The van der Waals surface area contributed by atoms with Crippen molar-refractivity contribution < 1.29 is 23.9 Å². The van der Waals surface area contributed by atoms with Crippen molar-refractivity contribution in [2.45, 2.75) is 19.8 Å². The maximum Gasteiger partial charge on any atom is 0.343 e. The minimum absolute atomic E-state index is 0.109. The van der Waals surface area contributed by atoms with Gasteiger partial charge in [0.2, 0.25) is 5.88 Å². The number of hydrogen-bond acceptors (Lipinski definition) is 8. The van der Waals surface area contributed by atoms with E-state index in [0.717, 1.165) is 0 Å². The zero-order chi connectivity index (χ0) is 25.8. The zero-order valence-electron chi connectivity index (χ0n) is 19.6. The number of nitrogens with zero attached hydrogens (tertiary/aromatic N) is 2. The lowest BCUT2D eigenvalue weighted by molar-refractivity contribution is -0.384. The van der Waals surface area contributed by atoms with E-state index in [9.17, 15) is 20.2 Å². The molecule has 0 radical (unpaired) electrons. The number of nitro groups is 1. The summed E-state index contributed by atoms with van der Waals surface area (Å²) in [6.45, 7) is 4.66. The fourth-order valence-electron chi connectivity index (χ4n) is 3.78. The fourth-order valence-corrected chi connectivity index (χ4v) is 3.78. The average molecular weight is 485 g/mol. The number of nitriles is 1. The van der Waals surface area contributed by atoms with Gasteiger partial charge in [0.25, 0.3) is 5.69 Å². The quantitative estimate of drug-likeness (QED) is 0.212. The second-order valence-corrected chi connectivity index (χ2v) is 8.60. The van der Waals surface area contributed by atoms with E-state index in [2.05, 4.69) is 0 Å². The number of esters is 1. The summed E-state index contributed by atoms with van der Waals surface area (Å²) in [5, 5.41) is 21.0. The molecule has 3 aromatic carbocycles. The highest BCUT2D eigenvalue weighted by Gasteiger charge is 2.32. The third-order valence-corrected chi connectivity index (χ3v) is 5.49. The number of allylic oxidation sites excluding steroid dienone is 1. The normalized spacial score (nSPS) is 14.4. The highest BCUT2D eigenvalue weighted by molar-refractivity contribution is 5.91. The van der Waals surface area contributed by atoms with Gasteiger partial charge in [0.15, 0.2) is 0 Å². The molecule has 0 spiro atoms. The van der Waals surface area contributed by atoms with Crippen molar-refractivity contribution in [3.8, 4) is 23.3 Å². The minimum Gasteiger partial charge on any atom is -0.493 e. The lowest BCUT2D eigenvalue weighted by Gasteiger charge is -2.26. The van der Waals surface area contributed by atoms with Gasteiger partial charge in [-0.3, -0.25) is 10.1 Å². The third kappa shape index (κ3) is 5.13. The molecule has 9 nitrogen and oxygen atoms in total. The zero-order valence-corrected chi connectivity index (χ0v) is 19.6. The Hall–Kier alpha value is -4.84. The number of non-ortho nitro benzene ring substituents is 1. The van der Waals surface area contributed by atoms with Crippen LogP contribution in [0.1, 0.15) is 41.3 Å². The van der Waals surface area contributed by atoms with E-state index in [-0.39, 0.29) is 28.6 Å².